The Morgan fingerprint density at radius 2 is 2.15 bits per heavy atom. The van der Waals surface area contributed by atoms with E-state index in [0.717, 1.165) is 11.1 Å². The van der Waals surface area contributed by atoms with Crippen molar-refractivity contribution in [3.05, 3.63) is 57.2 Å². The normalized spacial score (nSPS) is 10.2. The standard InChI is InChI=1S/C12H7ClN2O4S/c13-7-2-1-3-8(4-7)20-11-5-9(12(16)17)10(6-14-11)15(18)19/h1-6H,(H,16,17). The van der Waals surface area contributed by atoms with E-state index in [4.69, 9.17) is 16.7 Å². The second kappa shape index (κ2) is 5.89. The predicted molar refractivity (Wildman–Crippen MR) is 73.4 cm³/mol. The highest BCUT2D eigenvalue weighted by molar-refractivity contribution is 7.99. The van der Waals surface area contributed by atoms with Gasteiger partial charge in [-0.1, -0.05) is 29.4 Å². The Kier molecular flexibility index (Phi) is 4.21. The first kappa shape index (κ1) is 14.3. The van der Waals surface area contributed by atoms with Crippen molar-refractivity contribution in [1.82, 2.24) is 4.98 Å². The average Bonchev–Trinajstić information content (AvgIpc) is 2.38. The third kappa shape index (κ3) is 3.25. The lowest BCUT2D eigenvalue weighted by molar-refractivity contribution is -0.385. The molecular formula is C12H7ClN2O4S. The summed E-state index contributed by atoms with van der Waals surface area (Å²) in [7, 11) is 0. The summed E-state index contributed by atoms with van der Waals surface area (Å²) in [6.45, 7) is 0. The second-order valence-corrected chi connectivity index (χ2v) is 5.19. The molecule has 0 spiro atoms. The first-order valence-corrected chi connectivity index (χ1v) is 6.48. The molecule has 6 nitrogen and oxygen atoms in total. The molecule has 0 radical (unpaired) electrons. The van der Waals surface area contributed by atoms with Crippen LogP contribution in [0.15, 0.2) is 46.5 Å². The van der Waals surface area contributed by atoms with Gasteiger partial charge >= 0.3 is 11.7 Å². The number of benzene rings is 1. The highest BCUT2D eigenvalue weighted by Gasteiger charge is 2.21. The Hall–Kier alpha value is -2.12. The van der Waals surface area contributed by atoms with Crippen LogP contribution in [0.2, 0.25) is 5.02 Å². The maximum absolute atomic E-state index is 11.0. The van der Waals surface area contributed by atoms with Crippen LogP contribution in [-0.4, -0.2) is 21.0 Å². The summed E-state index contributed by atoms with van der Waals surface area (Å²) in [6.07, 6.45) is 0.941. The zero-order valence-corrected chi connectivity index (χ0v) is 11.4. The predicted octanol–water partition coefficient (Wildman–Crippen LogP) is 3.49. The number of nitro groups is 1. The van der Waals surface area contributed by atoms with E-state index in [1.54, 1.807) is 24.3 Å². The van der Waals surface area contributed by atoms with Gasteiger partial charge in [0.2, 0.25) is 0 Å². The maximum Gasteiger partial charge on any atom is 0.342 e. The molecule has 0 aliphatic rings. The smallest absolute Gasteiger partial charge is 0.342 e. The highest BCUT2D eigenvalue weighted by Crippen LogP contribution is 2.30. The lowest BCUT2D eigenvalue weighted by Crippen LogP contribution is -2.03. The Morgan fingerprint density at radius 1 is 1.40 bits per heavy atom. The number of rotatable bonds is 4. The van der Waals surface area contributed by atoms with Crippen molar-refractivity contribution in [2.24, 2.45) is 0 Å². The molecule has 0 atom stereocenters. The van der Waals surface area contributed by atoms with E-state index in [-0.39, 0.29) is 0 Å². The number of aromatic carboxylic acids is 1. The van der Waals surface area contributed by atoms with Crippen LogP contribution in [0.5, 0.6) is 0 Å². The third-order valence-electron chi connectivity index (χ3n) is 2.30. The van der Waals surface area contributed by atoms with Crippen LogP contribution in [0.4, 0.5) is 5.69 Å². The fraction of sp³-hybridized carbons (Fsp3) is 0. The maximum atomic E-state index is 11.0. The molecule has 1 heterocycles. The number of hydrogen-bond donors (Lipinski definition) is 1. The lowest BCUT2D eigenvalue weighted by Gasteiger charge is -2.03. The van der Waals surface area contributed by atoms with E-state index in [0.29, 0.717) is 10.0 Å². The van der Waals surface area contributed by atoms with E-state index in [1.165, 1.54) is 17.8 Å². The molecule has 8 heteroatoms. The molecule has 2 aromatic rings. The molecule has 1 N–H and O–H groups in total. The molecule has 0 aliphatic carbocycles. The van der Waals surface area contributed by atoms with Crippen molar-refractivity contribution in [3.63, 3.8) is 0 Å². The summed E-state index contributed by atoms with van der Waals surface area (Å²) >= 11 is 7.01. The van der Waals surface area contributed by atoms with Gasteiger partial charge in [-0.15, -0.1) is 0 Å². The fourth-order valence-electron chi connectivity index (χ4n) is 1.45. The third-order valence-corrected chi connectivity index (χ3v) is 3.46. The first-order valence-electron chi connectivity index (χ1n) is 5.28. The summed E-state index contributed by atoms with van der Waals surface area (Å²) in [5.41, 5.74) is -0.928. The van der Waals surface area contributed by atoms with Gasteiger partial charge in [0.05, 0.1) is 4.92 Å². The molecule has 2 rings (SSSR count). The Labute approximate surface area is 122 Å². The van der Waals surface area contributed by atoms with Gasteiger partial charge in [0.25, 0.3) is 0 Å². The minimum absolute atomic E-state index is 0.343. The van der Waals surface area contributed by atoms with Crippen molar-refractivity contribution in [1.29, 1.82) is 0 Å². The van der Waals surface area contributed by atoms with Crippen LogP contribution >= 0.6 is 23.4 Å². The van der Waals surface area contributed by atoms with Crippen LogP contribution in [-0.2, 0) is 0 Å². The largest absolute Gasteiger partial charge is 0.477 e. The molecule has 1 aromatic carbocycles. The number of nitrogens with zero attached hydrogens (tertiary/aromatic N) is 2. The van der Waals surface area contributed by atoms with E-state index >= 15 is 0 Å². The summed E-state index contributed by atoms with van der Waals surface area (Å²) in [5, 5.41) is 20.6. The van der Waals surface area contributed by atoms with Gasteiger partial charge in [-0.25, -0.2) is 9.78 Å². The molecule has 0 fully saturated rings. The lowest BCUT2D eigenvalue weighted by atomic mass is 10.2. The van der Waals surface area contributed by atoms with Crippen molar-refractivity contribution < 1.29 is 14.8 Å². The van der Waals surface area contributed by atoms with Crippen molar-refractivity contribution in [2.45, 2.75) is 9.92 Å². The van der Waals surface area contributed by atoms with E-state index in [2.05, 4.69) is 4.98 Å². The number of carboxylic acids is 1. The molecule has 0 saturated heterocycles. The minimum Gasteiger partial charge on any atom is -0.477 e. The molecule has 0 aliphatic heterocycles. The SMILES string of the molecule is O=C(O)c1cc(Sc2cccc(Cl)c2)ncc1[N+](=O)[O-]. The van der Waals surface area contributed by atoms with Gasteiger partial charge in [-0.3, -0.25) is 10.1 Å². The summed E-state index contributed by atoms with van der Waals surface area (Å²) in [6, 6.07) is 8.09. The summed E-state index contributed by atoms with van der Waals surface area (Å²) in [4.78, 5) is 25.6. The van der Waals surface area contributed by atoms with Gasteiger partial charge in [0.1, 0.15) is 16.8 Å². The molecule has 0 saturated carbocycles. The van der Waals surface area contributed by atoms with Crippen LogP contribution < -0.4 is 0 Å². The molecule has 1 aromatic heterocycles. The monoisotopic (exact) mass is 310 g/mol. The zero-order chi connectivity index (χ0) is 14.7. The van der Waals surface area contributed by atoms with Crippen molar-refractivity contribution >= 4 is 35.0 Å². The Balaban J connectivity index is 2.36. The van der Waals surface area contributed by atoms with E-state index in [1.807, 2.05) is 0 Å². The van der Waals surface area contributed by atoms with Crippen LogP contribution in [0.25, 0.3) is 0 Å². The van der Waals surface area contributed by atoms with Crippen molar-refractivity contribution in [3.8, 4) is 0 Å². The van der Waals surface area contributed by atoms with Crippen LogP contribution in [0, 0.1) is 10.1 Å². The number of hydrogen-bond acceptors (Lipinski definition) is 5. The van der Waals surface area contributed by atoms with E-state index in [9.17, 15) is 14.9 Å². The topological polar surface area (TPSA) is 93.3 Å². The van der Waals surface area contributed by atoms with Gasteiger partial charge in [-0.05, 0) is 24.3 Å². The molecule has 20 heavy (non-hydrogen) atoms. The number of carboxylic acid groups (broad SMARTS) is 1. The van der Waals surface area contributed by atoms with Crippen LogP contribution in [0.3, 0.4) is 0 Å². The van der Waals surface area contributed by atoms with Crippen molar-refractivity contribution in [2.75, 3.05) is 0 Å². The van der Waals surface area contributed by atoms with Crippen LogP contribution in [0.1, 0.15) is 10.4 Å². The number of aromatic nitrogens is 1. The van der Waals surface area contributed by atoms with Gasteiger partial charge in [0.15, 0.2) is 0 Å². The Morgan fingerprint density at radius 3 is 2.75 bits per heavy atom. The van der Waals surface area contributed by atoms with E-state index < -0.39 is 22.1 Å². The minimum atomic E-state index is -1.37. The number of halogens is 1. The quantitative estimate of drug-likeness (QED) is 0.686. The molecule has 0 amide bonds. The molecule has 0 bridgehead atoms. The molecule has 102 valence electrons. The number of carbonyl (C=O) groups is 1. The summed E-state index contributed by atoms with van der Waals surface area (Å²) < 4.78 is 0. The number of pyridine rings is 1. The van der Waals surface area contributed by atoms with Gasteiger partial charge in [0, 0.05) is 9.92 Å². The van der Waals surface area contributed by atoms with Gasteiger partial charge in [-0.2, -0.15) is 0 Å². The second-order valence-electron chi connectivity index (χ2n) is 3.66. The highest BCUT2D eigenvalue weighted by atomic mass is 35.5. The Bertz CT molecular complexity index is 693. The first-order chi connectivity index (χ1) is 9.47. The molecule has 0 unspecified atom stereocenters. The fourth-order valence-corrected chi connectivity index (χ4v) is 2.56. The van der Waals surface area contributed by atoms with Gasteiger partial charge < -0.3 is 5.11 Å². The average molecular weight is 311 g/mol. The molecular weight excluding hydrogens is 304 g/mol. The summed E-state index contributed by atoms with van der Waals surface area (Å²) in [5.74, 6) is -1.37. The zero-order valence-electron chi connectivity index (χ0n) is 9.82.